The van der Waals surface area contributed by atoms with Crippen molar-refractivity contribution in [2.75, 3.05) is 13.7 Å². The van der Waals surface area contributed by atoms with Gasteiger partial charge in [-0.25, -0.2) is 0 Å². The fourth-order valence-electron chi connectivity index (χ4n) is 2.38. The van der Waals surface area contributed by atoms with Gasteiger partial charge < -0.3 is 20.5 Å². The molecule has 1 aliphatic rings. The van der Waals surface area contributed by atoms with E-state index in [1.54, 1.807) is 7.11 Å². The number of benzene rings is 1. The Morgan fingerprint density at radius 2 is 2.42 bits per heavy atom. The summed E-state index contributed by atoms with van der Waals surface area (Å²) in [6, 6.07) is 5.98. The molecule has 1 amide bonds. The molecule has 0 fully saturated rings. The van der Waals surface area contributed by atoms with Crippen molar-refractivity contribution in [2.45, 2.75) is 31.8 Å². The average molecular weight is 264 g/mol. The molecule has 19 heavy (non-hydrogen) atoms. The molecule has 0 aliphatic carbocycles. The molecule has 5 heteroatoms. The molecule has 2 rings (SSSR count). The van der Waals surface area contributed by atoms with Gasteiger partial charge in [0, 0.05) is 30.5 Å². The van der Waals surface area contributed by atoms with Crippen LogP contribution in [0.25, 0.3) is 0 Å². The van der Waals surface area contributed by atoms with Crippen molar-refractivity contribution in [3.05, 3.63) is 23.8 Å². The maximum absolute atomic E-state index is 10.9. The van der Waals surface area contributed by atoms with Crippen molar-refractivity contribution in [3.63, 3.8) is 0 Å². The van der Waals surface area contributed by atoms with Gasteiger partial charge in [0.2, 0.25) is 5.91 Å². The summed E-state index contributed by atoms with van der Waals surface area (Å²) in [7, 11) is 1.64. The lowest BCUT2D eigenvalue weighted by Gasteiger charge is -2.29. The van der Waals surface area contributed by atoms with E-state index >= 15 is 0 Å². The number of amides is 1. The molecule has 0 saturated heterocycles. The first kappa shape index (κ1) is 13.7. The topological polar surface area (TPSA) is 73.6 Å². The van der Waals surface area contributed by atoms with Gasteiger partial charge in [0.25, 0.3) is 0 Å². The summed E-state index contributed by atoms with van der Waals surface area (Å²) < 4.78 is 10.9. The number of fused-ring (bicyclic) bond motifs is 1. The molecule has 5 nitrogen and oxygen atoms in total. The lowest BCUT2D eigenvalue weighted by Crippen LogP contribution is -2.36. The second-order valence-corrected chi connectivity index (χ2v) is 4.83. The Bertz CT molecular complexity index is 462. The van der Waals surface area contributed by atoms with Crippen LogP contribution in [0.4, 0.5) is 0 Å². The number of primary amides is 1. The number of methoxy groups -OCH3 is 1. The molecule has 0 bridgehead atoms. The predicted molar refractivity (Wildman–Crippen MR) is 72.3 cm³/mol. The van der Waals surface area contributed by atoms with Gasteiger partial charge in [-0.1, -0.05) is 0 Å². The van der Waals surface area contributed by atoms with E-state index in [2.05, 4.69) is 5.32 Å². The fraction of sp³-hybridized carbons (Fsp3) is 0.500. The first-order chi connectivity index (χ1) is 9.10. The van der Waals surface area contributed by atoms with E-state index in [1.165, 1.54) is 0 Å². The molecular formula is C14H20N2O3. The van der Waals surface area contributed by atoms with Crippen LogP contribution in [0.5, 0.6) is 11.5 Å². The summed E-state index contributed by atoms with van der Waals surface area (Å²) >= 11 is 0. The number of hydrogen-bond donors (Lipinski definition) is 2. The van der Waals surface area contributed by atoms with E-state index in [4.69, 9.17) is 15.2 Å². The van der Waals surface area contributed by atoms with Crippen molar-refractivity contribution in [1.82, 2.24) is 5.32 Å². The predicted octanol–water partition coefficient (Wildman–Crippen LogP) is 1.37. The SMILES string of the molecule is COc1ccc2c(c1)C(NC(C)CC(N)=O)CCO2. The van der Waals surface area contributed by atoms with Gasteiger partial charge in [-0.15, -0.1) is 0 Å². The summed E-state index contributed by atoms with van der Waals surface area (Å²) in [5, 5.41) is 3.42. The Kier molecular flexibility index (Phi) is 4.27. The molecule has 104 valence electrons. The molecule has 2 unspecified atom stereocenters. The highest BCUT2D eigenvalue weighted by molar-refractivity contribution is 5.74. The number of nitrogens with two attached hydrogens (primary N) is 1. The molecule has 0 aromatic heterocycles. The number of hydrogen-bond acceptors (Lipinski definition) is 4. The molecule has 3 N–H and O–H groups in total. The van der Waals surface area contributed by atoms with E-state index in [9.17, 15) is 4.79 Å². The highest BCUT2D eigenvalue weighted by Crippen LogP contribution is 2.35. The Hall–Kier alpha value is -1.75. The Morgan fingerprint density at radius 3 is 3.11 bits per heavy atom. The number of rotatable bonds is 5. The zero-order valence-electron chi connectivity index (χ0n) is 11.3. The molecule has 1 aliphatic heterocycles. The summed E-state index contributed by atoms with van der Waals surface area (Å²) in [6.45, 7) is 2.63. The second kappa shape index (κ2) is 5.93. The zero-order valence-corrected chi connectivity index (χ0v) is 11.3. The summed E-state index contributed by atoms with van der Waals surface area (Å²) in [4.78, 5) is 10.9. The molecule has 0 saturated carbocycles. The lowest BCUT2D eigenvalue weighted by atomic mass is 9.99. The van der Waals surface area contributed by atoms with Crippen molar-refractivity contribution < 1.29 is 14.3 Å². The van der Waals surface area contributed by atoms with E-state index in [0.717, 1.165) is 23.5 Å². The smallest absolute Gasteiger partial charge is 0.218 e. The van der Waals surface area contributed by atoms with Crippen molar-refractivity contribution in [3.8, 4) is 11.5 Å². The number of carbonyl (C=O) groups excluding carboxylic acids is 1. The molecule has 1 aromatic rings. The summed E-state index contributed by atoms with van der Waals surface area (Å²) in [5.41, 5.74) is 6.29. The van der Waals surface area contributed by atoms with Crippen molar-refractivity contribution >= 4 is 5.91 Å². The number of carbonyl (C=O) groups is 1. The van der Waals surface area contributed by atoms with Crippen LogP contribution < -0.4 is 20.5 Å². The Morgan fingerprint density at radius 1 is 1.63 bits per heavy atom. The quantitative estimate of drug-likeness (QED) is 0.842. The average Bonchev–Trinajstić information content (AvgIpc) is 2.37. The number of nitrogens with one attached hydrogen (secondary N) is 1. The Labute approximate surface area is 113 Å². The standard InChI is InChI=1S/C14H20N2O3/c1-9(7-14(15)17)16-12-5-6-19-13-4-3-10(18-2)8-11(12)13/h3-4,8-9,12,16H,5-7H2,1-2H3,(H2,15,17). The van der Waals surface area contributed by atoms with Crippen LogP contribution in [0, 0.1) is 0 Å². The zero-order chi connectivity index (χ0) is 13.8. The van der Waals surface area contributed by atoms with Crippen LogP contribution in [0.15, 0.2) is 18.2 Å². The minimum absolute atomic E-state index is 0.0413. The third-order valence-electron chi connectivity index (χ3n) is 3.25. The van der Waals surface area contributed by atoms with Gasteiger partial charge in [-0.05, 0) is 25.1 Å². The van der Waals surface area contributed by atoms with Gasteiger partial charge in [-0.3, -0.25) is 4.79 Å². The lowest BCUT2D eigenvalue weighted by molar-refractivity contribution is -0.118. The van der Waals surface area contributed by atoms with Crippen LogP contribution in [0.1, 0.15) is 31.4 Å². The van der Waals surface area contributed by atoms with Gasteiger partial charge in [0.05, 0.1) is 13.7 Å². The largest absolute Gasteiger partial charge is 0.497 e. The first-order valence-corrected chi connectivity index (χ1v) is 6.45. The third kappa shape index (κ3) is 3.38. The Balaban J connectivity index is 2.14. The highest BCUT2D eigenvalue weighted by Gasteiger charge is 2.23. The molecule has 0 radical (unpaired) electrons. The monoisotopic (exact) mass is 264 g/mol. The minimum atomic E-state index is -0.294. The summed E-state index contributed by atoms with van der Waals surface area (Å²) in [5.74, 6) is 1.38. The van der Waals surface area contributed by atoms with E-state index in [0.29, 0.717) is 13.0 Å². The van der Waals surface area contributed by atoms with Gasteiger partial charge in [-0.2, -0.15) is 0 Å². The minimum Gasteiger partial charge on any atom is -0.497 e. The molecule has 1 aromatic carbocycles. The van der Waals surface area contributed by atoms with Crippen molar-refractivity contribution in [2.24, 2.45) is 5.73 Å². The van der Waals surface area contributed by atoms with Crippen molar-refractivity contribution in [1.29, 1.82) is 0 Å². The van der Waals surface area contributed by atoms with E-state index in [1.807, 2.05) is 25.1 Å². The van der Waals surface area contributed by atoms with Gasteiger partial charge >= 0.3 is 0 Å². The normalized spacial score (nSPS) is 19.2. The van der Waals surface area contributed by atoms with Crippen LogP contribution in [0.3, 0.4) is 0 Å². The highest BCUT2D eigenvalue weighted by atomic mass is 16.5. The molecule has 2 atom stereocenters. The van der Waals surface area contributed by atoms with Crippen LogP contribution in [-0.2, 0) is 4.79 Å². The van der Waals surface area contributed by atoms with Crippen LogP contribution >= 0.6 is 0 Å². The van der Waals surface area contributed by atoms with Gasteiger partial charge in [0.15, 0.2) is 0 Å². The van der Waals surface area contributed by atoms with Crippen LogP contribution in [-0.4, -0.2) is 25.7 Å². The van der Waals surface area contributed by atoms with E-state index in [-0.39, 0.29) is 18.0 Å². The molecular weight excluding hydrogens is 244 g/mol. The van der Waals surface area contributed by atoms with Gasteiger partial charge in [0.1, 0.15) is 11.5 Å². The molecule has 1 heterocycles. The maximum Gasteiger partial charge on any atom is 0.218 e. The second-order valence-electron chi connectivity index (χ2n) is 4.83. The van der Waals surface area contributed by atoms with E-state index < -0.39 is 0 Å². The maximum atomic E-state index is 10.9. The fourth-order valence-corrected chi connectivity index (χ4v) is 2.38. The van der Waals surface area contributed by atoms with Crippen LogP contribution in [0.2, 0.25) is 0 Å². The molecule has 0 spiro atoms. The number of ether oxygens (including phenoxy) is 2. The third-order valence-corrected chi connectivity index (χ3v) is 3.25. The summed E-state index contributed by atoms with van der Waals surface area (Å²) in [6.07, 6.45) is 1.19. The first-order valence-electron chi connectivity index (χ1n) is 6.45.